The van der Waals surface area contributed by atoms with Gasteiger partial charge >= 0.3 is 0 Å². The number of alkyl halides is 2. The minimum Gasteiger partial charge on any atom is -0.366 e. The molecule has 2 aromatic rings. The topological polar surface area (TPSA) is 143 Å². The average molecular weight is 330 g/mol. The highest BCUT2D eigenvalue weighted by molar-refractivity contribution is 7.99. The molecule has 0 atom stereocenters. The summed E-state index contributed by atoms with van der Waals surface area (Å²) >= 11 is 0.735. The second-order valence-electron chi connectivity index (χ2n) is 3.92. The van der Waals surface area contributed by atoms with Crippen molar-refractivity contribution in [1.29, 1.82) is 0 Å². The maximum Gasteiger partial charge on any atom is 0.299 e. The fourth-order valence-corrected chi connectivity index (χ4v) is 2.39. The van der Waals surface area contributed by atoms with Gasteiger partial charge in [-0.15, -0.1) is 10.2 Å². The van der Waals surface area contributed by atoms with E-state index in [4.69, 9.17) is 11.6 Å². The van der Waals surface area contributed by atoms with Gasteiger partial charge < -0.3 is 11.6 Å². The summed E-state index contributed by atoms with van der Waals surface area (Å²) in [6.07, 6.45) is -2.92. The molecule has 2 rings (SSSR count). The number of rotatable bonds is 5. The van der Waals surface area contributed by atoms with E-state index in [-0.39, 0.29) is 21.3 Å². The Morgan fingerprint density at radius 2 is 2.09 bits per heavy atom. The molecule has 0 saturated carbocycles. The van der Waals surface area contributed by atoms with E-state index < -0.39 is 23.1 Å². The summed E-state index contributed by atoms with van der Waals surface area (Å²) in [5.41, 5.74) is 4.68. The van der Waals surface area contributed by atoms with Gasteiger partial charge in [0.05, 0.1) is 10.5 Å². The van der Waals surface area contributed by atoms with Crippen LogP contribution in [0.5, 0.6) is 0 Å². The number of carbonyl (C=O) groups excluding carboxylic acids is 1. The van der Waals surface area contributed by atoms with Crippen molar-refractivity contribution in [2.24, 2.45) is 5.73 Å². The van der Waals surface area contributed by atoms with Crippen LogP contribution >= 0.6 is 11.8 Å². The van der Waals surface area contributed by atoms with Gasteiger partial charge in [0.2, 0.25) is 16.9 Å². The molecular formula is C10H8F2N6O3S. The van der Waals surface area contributed by atoms with Crippen LogP contribution in [0.3, 0.4) is 0 Å². The molecule has 0 aliphatic rings. The second-order valence-corrected chi connectivity index (χ2v) is 4.92. The van der Waals surface area contributed by atoms with E-state index >= 15 is 0 Å². The lowest BCUT2D eigenvalue weighted by molar-refractivity contribution is -0.384. The van der Waals surface area contributed by atoms with E-state index in [1.807, 2.05) is 0 Å². The summed E-state index contributed by atoms with van der Waals surface area (Å²) in [6.45, 7) is 0. The molecule has 0 radical (unpaired) electrons. The van der Waals surface area contributed by atoms with Gasteiger partial charge in [-0.25, -0.2) is 13.5 Å². The Balaban J connectivity index is 2.41. The van der Waals surface area contributed by atoms with E-state index in [1.54, 1.807) is 0 Å². The first-order valence-corrected chi connectivity index (χ1v) is 6.37. The predicted molar refractivity (Wildman–Crippen MR) is 70.9 cm³/mol. The number of hydrogen-bond acceptors (Lipinski definition) is 7. The number of halogens is 2. The standard InChI is InChI=1S/C10H8F2N6O3S/c11-7(12)9-15-16-10(17(9)14)22-6-2-1-4(18(20)21)3-5(6)8(13)19/h1-3,7H,14H2,(H2,13,19). The van der Waals surface area contributed by atoms with Gasteiger partial charge in [-0.3, -0.25) is 14.9 Å². The van der Waals surface area contributed by atoms with Crippen molar-refractivity contribution >= 4 is 23.4 Å². The molecule has 9 nitrogen and oxygen atoms in total. The molecule has 12 heteroatoms. The summed E-state index contributed by atoms with van der Waals surface area (Å²) in [6, 6.07) is 3.37. The smallest absolute Gasteiger partial charge is 0.299 e. The molecule has 0 bridgehead atoms. The molecular weight excluding hydrogens is 322 g/mol. The fourth-order valence-electron chi connectivity index (χ4n) is 1.52. The van der Waals surface area contributed by atoms with Crippen LogP contribution in [-0.2, 0) is 0 Å². The first-order valence-electron chi connectivity index (χ1n) is 5.56. The number of benzene rings is 1. The van der Waals surface area contributed by atoms with Crippen molar-refractivity contribution in [3.63, 3.8) is 0 Å². The van der Waals surface area contributed by atoms with Crippen LogP contribution in [0.1, 0.15) is 22.6 Å². The van der Waals surface area contributed by atoms with Crippen LogP contribution in [0.25, 0.3) is 0 Å². The van der Waals surface area contributed by atoms with Crippen molar-refractivity contribution in [3.05, 3.63) is 39.7 Å². The van der Waals surface area contributed by atoms with Crippen LogP contribution in [0.4, 0.5) is 14.5 Å². The summed E-state index contributed by atoms with van der Waals surface area (Å²) < 4.78 is 25.7. The number of nitrogens with zero attached hydrogens (tertiary/aromatic N) is 4. The largest absolute Gasteiger partial charge is 0.366 e. The first kappa shape index (κ1) is 15.6. The van der Waals surface area contributed by atoms with Crippen molar-refractivity contribution in [2.75, 3.05) is 5.84 Å². The third kappa shape index (κ3) is 2.95. The SMILES string of the molecule is NC(=O)c1cc([N+](=O)[O-])ccc1Sc1nnc(C(F)F)n1N. The Hall–Kier alpha value is -2.76. The monoisotopic (exact) mass is 330 g/mol. The maximum atomic E-state index is 12.6. The average Bonchev–Trinajstić information content (AvgIpc) is 2.80. The number of amides is 1. The van der Waals surface area contributed by atoms with Crippen LogP contribution in [0.15, 0.2) is 28.3 Å². The molecule has 0 unspecified atom stereocenters. The molecule has 1 amide bonds. The van der Waals surface area contributed by atoms with Gasteiger partial charge in [-0.2, -0.15) is 0 Å². The van der Waals surface area contributed by atoms with Crippen molar-refractivity contribution in [2.45, 2.75) is 16.5 Å². The van der Waals surface area contributed by atoms with E-state index in [0.29, 0.717) is 4.68 Å². The van der Waals surface area contributed by atoms with Gasteiger partial charge in [-0.05, 0) is 17.8 Å². The third-order valence-electron chi connectivity index (χ3n) is 2.53. The molecule has 0 aliphatic heterocycles. The predicted octanol–water partition coefficient (Wildman–Crippen LogP) is 1.09. The van der Waals surface area contributed by atoms with Crippen LogP contribution in [0, 0.1) is 10.1 Å². The Morgan fingerprint density at radius 3 is 2.59 bits per heavy atom. The molecule has 0 spiro atoms. The molecule has 0 aliphatic carbocycles. The van der Waals surface area contributed by atoms with E-state index in [9.17, 15) is 23.7 Å². The van der Waals surface area contributed by atoms with Gasteiger partial charge in [0, 0.05) is 17.0 Å². The van der Waals surface area contributed by atoms with Crippen molar-refractivity contribution < 1.29 is 18.5 Å². The Labute approximate surface area is 125 Å². The zero-order valence-electron chi connectivity index (χ0n) is 10.6. The lowest BCUT2D eigenvalue weighted by Gasteiger charge is -2.06. The van der Waals surface area contributed by atoms with Crippen LogP contribution in [0.2, 0.25) is 0 Å². The van der Waals surface area contributed by atoms with E-state index in [0.717, 1.165) is 23.9 Å². The number of carbonyl (C=O) groups is 1. The number of nitro groups is 1. The third-order valence-corrected chi connectivity index (χ3v) is 3.56. The molecule has 116 valence electrons. The number of nitrogen functional groups attached to an aromatic ring is 1. The first-order chi connectivity index (χ1) is 10.3. The van der Waals surface area contributed by atoms with Gasteiger partial charge in [-0.1, -0.05) is 0 Å². The molecule has 1 heterocycles. The van der Waals surface area contributed by atoms with Crippen molar-refractivity contribution in [1.82, 2.24) is 14.9 Å². The van der Waals surface area contributed by atoms with Gasteiger partial charge in [0.25, 0.3) is 12.1 Å². The van der Waals surface area contributed by atoms with Gasteiger partial charge in [0.1, 0.15) is 0 Å². The Kier molecular flexibility index (Phi) is 4.21. The van der Waals surface area contributed by atoms with Crippen LogP contribution in [-0.4, -0.2) is 25.7 Å². The molecule has 1 aromatic carbocycles. The number of nitro benzene ring substituents is 1. The zero-order chi connectivity index (χ0) is 16.4. The minimum atomic E-state index is -2.92. The number of non-ortho nitro benzene ring substituents is 1. The number of nitrogens with two attached hydrogens (primary N) is 2. The Bertz CT molecular complexity index is 750. The summed E-state index contributed by atoms with van der Waals surface area (Å²) in [5.74, 6) is 3.76. The normalized spacial score (nSPS) is 10.9. The van der Waals surface area contributed by atoms with Gasteiger partial charge in [0.15, 0.2) is 0 Å². The highest BCUT2D eigenvalue weighted by Gasteiger charge is 2.21. The van der Waals surface area contributed by atoms with E-state index in [1.165, 1.54) is 6.07 Å². The van der Waals surface area contributed by atoms with E-state index in [2.05, 4.69) is 10.2 Å². The molecule has 0 fully saturated rings. The number of hydrogen-bond donors (Lipinski definition) is 2. The highest BCUT2D eigenvalue weighted by atomic mass is 32.2. The molecule has 4 N–H and O–H groups in total. The molecule has 1 aromatic heterocycles. The van der Waals surface area contributed by atoms with Crippen LogP contribution < -0.4 is 11.6 Å². The second kappa shape index (κ2) is 5.93. The maximum absolute atomic E-state index is 12.6. The lowest BCUT2D eigenvalue weighted by atomic mass is 10.2. The minimum absolute atomic E-state index is 0.119. The Morgan fingerprint density at radius 1 is 1.41 bits per heavy atom. The molecule has 0 saturated heterocycles. The van der Waals surface area contributed by atoms with Crippen molar-refractivity contribution in [3.8, 4) is 0 Å². The lowest BCUT2D eigenvalue weighted by Crippen LogP contribution is -2.15. The number of aromatic nitrogens is 3. The zero-order valence-corrected chi connectivity index (χ0v) is 11.5. The fraction of sp³-hybridized carbons (Fsp3) is 0.100. The summed E-state index contributed by atoms with van der Waals surface area (Å²) in [5, 5.41) is 17.3. The quantitative estimate of drug-likeness (QED) is 0.474. The molecule has 22 heavy (non-hydrogen) atoms. The number of primary amides is 1. The summed E-state index contributed by atoms with van der Waals surface area (Å²) in [7, 11) is 0. The highest BCUT2D eigenvalue weighted by Crippen LogP contribution is 2.32. The summed E-state index contributed by atoms with van der Waals surface area (Å²) in [4.78, 5) is 21.6.